The van der Waals surface area contributed by atoms with Gasteiger partial charge in [0.2, 0.25) is 0 Å². The fraction of sp³-hybridized carbons (Fsp3) is 0.286. The molecule has 3 heterocycles. The lowest BCUT2D eigenvalue weighted by atomic mass is 10.2. The zero-order valence-electron chi connectivity index (χ0n) is 11.5. The van der Waals surface area contributed by atoms with E-state index in [0.29, 0.717) is 17.2 Å². The van der Waals surface area contributed by atoms with E-state index in [-0.39, 0.29) is 0 Å². The van der Waals surface area contributed by atoms with Gasteiger partial charge in [0.15, 0.2) is 5.82 Å². The van der Waals surface area contributed by atoms with E-state index >= 15 is 0 Å². The summed E-state index contributed by atoms with van der Waals surface area (Å²) in [6, 6.07) is 7.63. The van der Waals surface area contributed by atoms with Crippen LogP contribution in [0.5, 0.6) is 0 Å². The Hall–Kier alpha value is -2.88. The van der Waals surface area contributed by atoms with Gasteiger partial charge in [-0.15, -0.1) is 5.10 Å². The van der Waals surface area contributed by atoms with E-state index in [4.69, 9.17) is 11.0 Å². The second-order valence-corrected chi connectivity index (χ2v) is 4.80. The molecule has 0 unspecified atom stereocenters. The number of nitriles is 1. The summed E-state index contributed by atoms with van der Waals surface area (Å²) in [5, 5.41) is 17.1. The molecule has 2 aromatic heterocycles. The van der Waals surface area contributed by atoms with Crippen molar-refractivity contribution >= 4 is 17.3 Å². The monoisotopic (exact) mass is 281 g/mol. The van der Waals surface area contributed by atoms with Crippen LogP contribution in [-0.2, 0) is 0 Å². The van der Waals surface area contributed by atoms with Crippen LogP contribution in [0.1, 0.15) is 5.56 Å². The van der Waals surface area contributed by atoms with Crippen molar-refractivity contribution in [3.63, 3.8) is 0 Å². The lowest BCUT2D eigenvalue weighted by Crippen LogP contribution is -2.47. The Balaban J connectivity index is 1.70. The van der Waals surface area contributed by atoms with Gasteiger partial charge in [0, 0.05) is 26.2 Å². The van der Waals surface area contributed by atoms with Crippen LogP contribution in [0.2, 0.25) is 0 Å². The number of nitrogen functional groups attached to an aromatic ring is 1. The van der Waals surface area contributed by atoms with Gasteiger partial charge in [-0.2, -0.15) is 10.4 Å². The van der Waals surface area contributed by atoms with Crippen molar-refractivity contribution in [2.24, 2.45) is 0 Å². The van der Waals surface area contributed by atoms with E-state index in [9.17, 15) is 0 Å². The Bertz CT molecular complexity index is 654. The van der Waals surface area contributed by atoms with Crippen LogP contribution >= 0.6 is 0 Å². The summed E-state index contributed by atoms with van der Waals surface area (Å²) in [5.41, 5.74) is 7.22. The highest BCUT2D eigenvalue weighted by Crippen LogP contribution is 2.20. The summed E-state index contributed by atoms with van der Waals surface area (Å²) in [5.74, 6) is 1.19. The largest absolute Gasteiger partial charge is 0.384 e. The molecule has 0 atom stereocenters. The lowest BCUT2D eigenvalue weighted by molar-refractivity contribution is 0.642. The molecule has 0 saturated carbocycles. The number of nitrogens with zero attached hydrogens (tertiary/aromatic N) is 6. The molecule has 0 radical (unpaired) electrons. The maximum atomic E-state index is 9.13. The third-order valence-electron chi connectivity index (χ3n) is 3.54. The Morgan fingerprint density at radius 1 is 1.10 bits per heavy atom. The number of pyridine rings is 1. The van der Waals surface area contributed by atoms with Gasteiger partial charge >= 0.3 is 0 Å². The summed E-state index contributed by atoms with van der Waals surface area (Å²) in [6.45, 7) is 3.26. The van der Waals surface area contributed by atoms with Crippen LogP contribution in [-0.4, -0.2) is 41.4 Å². The molecular formula is C14H15N7. The molecule has 7 heteroatoms. The fourth-order valence-electron chi connectivity index (χ4n) is 2.41. The highest BCUT2D eigenvalue weighted by molar-refractivity contribution is 5.55. The number of anilines is 3. The highest BCUT2D eigenvalue weighted by Gasteiger charge is 2.20. The summed E-state index contributed by atoms with van der Waals surface area (Å²) >= 11 is 0. The van der Waals surface area contributed by atoms with Gasteiger partial charge in [-0.05, 0) is 18.2 Å². The molecule has 1 fully saturated rings. The quantitative estimate of drug-likeness (QED) is 0.863. The van der Waals surface area contributed by atoms with Crippen molar-refractivity contribution in [1.82, 2.24) is 15.2 Å². The molecule has 1 aliphatic heterocycles. The standard InChI is InChI=1S/C14H15N7/c15-9-11-3-4-18-19-14(11)21-7-5-20(6-8-21)12-1-2-13(16)17-10-12/h1-4,10H,5-8H2,(H2,16,17). The Morgan fingerprint density at radius 2 is 1.86 bits per heavy atom. The molecule has 0 amide bonds. The third kappa shape index (κ3) is 2.69. The van der Waals surface area contributed by atoms with Crippen LogP contribution in [0.3, 0.4) is 0 Å². The number of hydrogen-bond donors (Lipinski definition) is 1. The summed E-state index contributed by atoms with van der Waals surface area (Å²) in [4.78, 5) is 8.45. The van der Waals surface area contributed by atoms with E-state index in [1.54, 1.807) is 24.5 Å². The maximum absolute atomic E-state index is 9.13. The van der Waals surface area contributed by atoms with Gasteiger partial charge in [0.25, 0.3) is 0 Å². The number of rotatable bonds is 2. The van der Waals surface area contributed by atoms with Crippen LogP contribution in [0.15, 0.2) is 30.6 Å². The Labute approximate surface area is 122 Å². The second-order valence-electron chi connectivity index (χ2n) is 4.80. The summed E-state index contributed by atoms with van der Waals surface area (Å²) in [6.07, 6.45) is 3.33. The molecule has 106 valence electrons. The van der Waals surface area contributed by atoms with Crippen molar-refractivity contribution in [3.05, 3.63) is 36.2 Å². The average Bonchev–Trinajstić information content (AvgIpc) is 2.56. The number of nitrogens with two attached hydrogens (primary N) is 1. The average molecular weight is 281 g/mol. The fourth-order valence-corrected chi connectivity index (χ4v) is 2.41. The molecule has 2 aromatic rings. The van der Waals surface area contributed by atoms with Crippen molar-refractivity contribution in [2.45, 2.75) is 0 Å². The Kier molecular flexibility index (Phi) is 3.51. The number of hydrogen-bond acceptors (Lipinski definition) is 7. The smallest absolute Gasteiger partial charge is 0.169 e. The van der Waals surface area contributed by atoms with E-state index in [1.165, 1.54) is 0 Å². The molecule has 0 aromatic carbocycles. The van der Waals surface area contributed by atoms with Gasteiger partial charge in [0.1, 0.15) is 11.9 Å². The zero-order chi connectivity index (χ0) is 14.7. The van der Waals surface area contributed by atoms with Crippen molar-refractivity contribution in [1.29, 1.82) is 5.26 Å². The molecule has 3 rings (SSSR count). The second kappa shape index (κ2) is 5.63. The number of piperazine rings is 1. The minimum Gasteiger partial charge on any atom is -0.384 e. The van der Waals surface area contributed by atoms with Gasteiger partial charge in [0.05, 0.1) is 23.6 Å². The molecule has 1 saturated heterocycles. The first-order valence-corrected chi connectivity index (χ1v) is 6.71. The van der Waals surface area contributed by atoms with E-state index < -0.39 is 0 Å². The molecule has 7 nitrogen and oxygen atoms in total. The minimum absolute atomic E-state index is 0.524. The molecule has 1 aliphatic rings. The van der Waals surface area contributed by atoms with E-state index in [2.05, 4.69) is 31.1 Å². The van der Waals surface area contributed by atoms with Crippen LogP contribution < -0.4 is 15.5 Å². The Morgan fingerprint density at radius 3 is 2.52 bits per heavy atom. The van der Waals surface area contributed by atoms with E-state index in [1.807, 2.05) is 6.07 Å². The topological polar surface area (TPSA) is 95.0 Å². The van der Waals surface area contributed by atoms with Crippen LogP contribution in [0.4, 0.5) is 17.3 Å². The first-order valence-electron chi connectivity index (χ1n) is 6.71. The summed E-state index contributed by atoms with van der Waals surface area (Å²) < 4.78 is 0. The first-order chi connectivity index (χ1) is 10.3. The van der Waals surface area contributed by atoms with Gasteiger partial charge in [-0.25, -0.2) is 4.98 Å². The first kappa shape index (κ1) is 13.1. The predicted octanol–water partition coefficient (Wildman–Crippen LogP) is 0.652. The minimum atomic E-state index is 0.524. The molecule has 21 heavy (non-hydrogen) atoms. The SMILES string of the molecule is N#Cc1ccnnc1N1CCN(c2ccc(N)nc2)CC1. The van der Waals surface area contributed by atoms with Gasteiger partial charge < -0.3 is 15.5 Å². The van der Waals surface area contributed by atoms with Gasteiger partial charge in [-0.3, -0.25) is 0 Å². The zero-order valence-corrected chi connectivity index (χ0v) is 11.5. The number of aromatic nitrogens is 3. The molecule has 0 bridgehead atoms. The highest BCUT2D eigenvalue weighted by atomic mass is 15.3. The van der Waals surface area contributed by atoms with Crippen molar-refractivity contribution in [2.75, 3.05) is 41.7 Å². The van der Waals surface area contributed by atoms with Crippen LogP contribution in [0.25, 0.3) is 0 Å². The van der Waals surface area contributed by atoms with Crippen LogP contribution in [0, 0.1) is 11.3 Å². The molecule has 0 spiro atoms. The van der Waals surface area contributed by atoms with Gasteiger partial charge in [-0.1, -0.05) is 0 Å². The van der Waals surface area contributed by atoms with Crippen molar-refractivity contribution in [3.8, 4) is 6.07 Å². The molecular weight excluding hydrogens is 266 g/mol. The summed E-state index contributed by atoms with van der Waals surface area (Å²) in [7, 11) is 0. The lowest BCUT2D eigenvalue weighted by Gasteiger charge is -2.36. The van der Waals surface area contributed by atoms with Crippen molar-refractivity contribution < 1.29 is 0 Å². The molecule has 2 N–H and O–H groups in total. The maximum Gasteiger partial charge on any atom is 0.169 e. The van der Waals surface area contributed by atoms with E-state index in [0.717, 1.165) is 31.9 Å². The third-order valence-corrected chi connectivity index (χ3v) is 3.54. The molecule has 0 aliphatic carbocycles. The predicted molar refractivity (Wildman–Crippen MR) is 79.8 cm³/mol. The normalized spacial score (nSPS) is 14.8.